The Bertz CT molecular complexity index is 454. The third-order valence-corrected chi connectivity index (χ3v) is 8.99. The van der Waals surface area contributed by atoms with Gasteiger partial charge in [0.15, 0.2) is 0 Å². The molecule has 4 fully saturated rings. The average Bonchev–Trinajstić information content (AvgIpc) is 2.63. The minimum Gasteiger partial charge on any atom is -0.298 e. The first-order valence-electron chi connectivity index (χ1n) is 11.1. The predicted molar refractivity (Wildman–Crippen MR) is 99.8 cm³/mol. The van der Waals surface area contributed by atoms with Crippen LogP contribution in [0.25, 0.3) is 0 Å². The van der Waals surface area contributed by atoms with E-state index in [0.29, 0.717) is 0 Å². The van der Waals surface area contributed by atoms with Crippen molar-refractivity contribution >= 4 is 5.78 Å². The fourth-order valence-electron chi connectivity index (χ4n) is 7.13. The molecule has 0 aromatic rings. The smallest absolute Gasteiger partial charge is 0.145 e. The van der Waals surface area contributed by atoms with E-state index >= 15 is 0 Å². The van der Waals surface area contributed by atoms with Crippen LogP contribution in [0.15, 0.2) is 0 Å². The molecule has 4 rings (SSSR count). The molecule has 0 atom stereocenters. The molecule has 4 aliphatic carbocycles. The lowest BCUT2D eigenvalue weighted by Gasteiger charge is -2.59. The zero-order valence-corrected chi connectivity index (χ0v) is 16.1. The quantitative estimate of drug-likeness (QED) is 0.561. The molecule has 0 aromatic heterocycles. The molecular weight excluding hydrogens is 292 g/mol. The van der Waals surface area contributed by atoms with Gasteiger partial charge in [-0.2, -0.15) is 0 Å². The van der Waals surface area contributed by atoms with Gasteiger partial charge >= 0.3 is 0 Å². The number of hydrogen-bond acceptors (Lipinski definition) is 1. The molecule has 136 valence electrons. The van der Waals surface area contributed by atoms with Crippen LogP contribution >= 0.6 is 0 Å². The fourth-order valence-corrected chi connectivity index (χ4v) is 7.13. The van der Waals surface area contributed by atoms with Crippen LogP contribution in [0.2, 0.25) is 0 Å². The number of ketones is 1. The first-order valence-corrected chi connectivity index (χ1v) is 11.1. The number of carbonyl (C=O) groups excluding carboxylic acids is 1. The highest BCUT2D eigenvalue weighted by Gasteiger charge is 2.63. The molecule has 1 heteroatoms. The van der Waals surface area contributed by atoms with Crippen LogP contribution in [-0.4, -0.2) is 5.78 Å². The molecule has 0 aromatic carbocycles. The van der Waals surface area contributed by atoms with Crippen molar-refractivity contribution in [1.29, 1.82) is 0 Å². The van der Waals surface area contributed by atoms with Crippen molar-refractivity contribution < 1.29 is 4.79 Å². The Morgan fingerprint density at radius 3 is 1.79 bits per heavy atom. The SMILES string of the molecule is CCC1CCC2(CC1)CC1(CCC(C3CCC(C)CC3)CC1)C2=O. The van der Waals surface area contributed by atoms with E-state index in [2.05, 4.69) is 13.8 Å². The summed E-state index contributed by atoms with van der Waals surface area (Å²) >= 11 is 0. The lowest BCUT2D eigenvalue weighted by molar-refractivity contribution is -0.169. The topological polar surface area (TPSA) is 17.1 Å². The van der Waals surface area contributed by atoms with E-state index in [4.69, 9.17) is 0 Å². The molecular formula is C23H38O. The predicted octanol–water partition coefficient (Wildman–Crippen LogP) is 6.55. The van der Waals surface area contributed by atoms with Crippen LogP contribution in [-0.2, 0) is 4.79 Å². The van der Waals surface area contributed by atoms with Gasteiger partial charge in [-0.15, -0.1) is 0 Å². The molecule has 0 radical (unpaired) electrons. The third kappa shape index (κ3) is 2.78. The van der Waals surface area contributed by atoms with E-state index in [0.717, 1.165) is 29.5 Å². The van der Waals surface area contributed by atoms with Gasteiger partial charge in [0.05, 0.1) is 0 Å². The Kier molecular flexibility index (Phi) is 4.59. The number of Topliss-reactive ketones (excluding diaryl/α,β-unsaturated/α-hetero) is 1. The van der Waals surface area contributed by atoms with Crippen LogP contribution in [0, 0.1) is 34.5 Å². The van der Waals surface area contributed by atoms with Crippen molar-refractivity contribution in [2.24, 2.45) is 34.5 Å². The lowest BCUT2D eigenvalue weighted by Crippen LogP contribution is -2.59. The van der Waals surface area contributed by atoms with Crippen LogP contribution in [0.5, 0.6) is 0 Å². The Balaban J connectivity index is 1.31. The largest absolute Gasteiger partial charge is 0.298 e. The van der Waals surface area contributed by atoms with Crippen LogP contribution < -0.4 is 0 Å². The van der Waals surface area contributed by atoms with Crippen LogP contribution in [0.1, 0.15) is 104 Å². The van der Waals surface area contributed by atoms with Gasteiger partial charge in [-0.25, -0.2) is 0 Å². The maximum Gasteiger partial charge on any atom is 0.145 e. The monoisotopic (exact) mass is 330 g/mol. The summed E-state index contributed by atoms with van der Waals surface area (Å²) in [7, 11) is 0. The van der Waals surface area contributed by atoms with Gasteiger partial charge in [0.2, 0.25) is 0 Å². The Hall–Kier alpha value is -0.330. The zero-order chi connectivity index (χ0) is 16.8. The molecule has 0 amide bonds. The average molecular weight is 331 g/mol. The fraction of sp³-hybridized carbons (Fsp3) is 0.957. The first kappa shape index (κ1) is 17.1. The zero-order valence-electron chi connectivity index (χ0n) is 16.1. The third-order valence-electron chi connectivity index (χ3n) is 8.99. The highest BCUT2D eigenvalue weighted by Crippen LogP contribution is 2.64. The van der Waals surface area contributed by atoms with E-state index in [1.54, 1.807) is 0 Å². The Morgan fingerprint density at radius 1 is 0.792 bits per heavy atom. The van der Waals surface area contributed by atoms with E-state index in [1.807, 2.05) is 0 Å². The number of rotatable bonds is 2. The standard InChI is InChI=1S/C23H38O/c1-3-18-8-12-22(13-9-18)16-23(21(22)24)14-10-20(11-15-23)19-6-4-17(2)5-7-19/h17-20H,3-16H2,1-2H3. The van der Waals surface area contributed by atoms with Gasteiger partial charge in [0.1, 0.15) is 5.78 Å². The van der Waals surface area contributed by atoms with E-state index < -0.39 is 0 Å². The maximum absolute atomic E-state index is 13.2. The Morgan fingerprint density at radius 2 is 1.29 bits per heavy atom. The summed E-state index contributed by atoms with van der Waals surface area (Å²) in [5.74, 6) is 4.53. The summed E-state index contributed by atoms with van der Waals surface area (Å²) in [6.07, 6.45) is 18.7. The van der Waals surface area contributed by atoms with E-state index in [9.17, 15) is 4.79 Å². The molecule has 1 nitrogen and oxygen atoms in total. The van der Waals surface area contributed by atoms with Crippen LogP contribution in [0.4, 0.5) is 0 Å². The molecule has 2 spiro atoms. The van der Waals surface area contributed by atoms with Gasteiger partial charge < -0.3 is 0 Å². The summed E-state index contributed by atoms with van der Waals surface area (Å²) in [5.41, 5.74) is 0.302. The van der Waals surface area contributed by atoms with E-state index in [-0.39, 0.29) is 10.8 Å². The second kappa shape index (κ2) is 6.44. The molecule has 4 aliphatic rings. The number of carbonyl (C=O) groups is 1. The number of hydrogen-bond donors (Lipinski definition) is 0. The van der Waals surface area contributed by atoms with Crippen molar-refractivity contribution in [3.05, 3.63) is 0 Å². The normalized spacial score (nSPS) is 49.3. The second-order valence-electron chi connectivity index (χ2n) is 10.3. The summed E-state index contributed by atoms with van der Waals surface area (Å²) < 4.78 is 0. The Labute approximate surface area is 149 Å². The molecule has 0 aliphatic heterocycles. The van der Waals surface area contributed by atoms with Crippen molar-refractivity contribution in [2.75, 3.05) is 0 Å². The van der Waals surface area contributed by atoms with Crippen molar-refractivity contribution in [2.45, 2.75) is 104 Å². The minimum absolute atomic E-state index is 0.150. The van der Waals surface area contributed by atoms with Gasteiger partial charge in [0.25, 0.3) is 0 Å². The van der Waals surface area contributed by atoms with Gasteiger partial charge in [-0.1, -0.05) is 33.1 Å². The first-order chi connectivity index (χ1) is 11.6. The molecule has 0 unspecified atom stereocenters. The summed E-state index contributed by atoms with van der Waals surface area (Å²) in [6, 6.07) is 0. The van der Waals surface area contributed by atoms with Gasteiger partial charge in [-0.3, -0.25) is 4.79 Å². The highest BCUT2D eigenvalue weighted by molar-refractivity contribution is 5.96. The lowest BCUT2D eigenvalue weighted by atomic mass is 9.43. The molecule has 0 N–H and O–H groups in total. The summed E-state index contributed by atoms with van der Waals surface area (Å²) in [6.45, 7) is 4.74. The minimum atomic E-state index is 0.150. The van der Waals surface area contributed by atoms with Crippen LogP contribution in [0.3, 0.4) is 0 Å². The molecule has 0 saturated heterocycles. The summed E-state index contributed by atoms with van der Waals surface area (Å²) in [5, 5.41) is 0. The molecule has 4 saturated carbocycles. The van der Waals surface area contributed by atoms with Crippen molar-refractivity contribution in [3.63, 3.8) is 0 Å². The maximum atomic E-state index is 13.2. The molecule has 0 heterocycles. The molecule has 0 bridgehead atoms. The van der Waals surface area contributed by atoms with Gasteiger partial charge in [0, 0.05) is 10.8 Å². The van der Waals surface area contributed by atoms with E-state index in [1.165, 1.54) is 89.9 Å². The van der Waals surface area contributed by atoms with Gasteiger partial charge in [-0.05, 0) is 94.3 Å². The molecule has 24 heavy (non-hydrogen) atoms. The highest BCUT2D eigenvalue weighted by atomic mass is 16.1. The van der Waals surface area contributed by atoms with Crippen molar-refractivity contribution in [3.8, 4) is 0 Å². The summed E-state index contributed by atoms with van der Waals surface area (Å²) in [4.78, 5) is 13.2. The second-order valence-corrected chi connectivity index (χ2v) is 10.3. The van der Waals surface area contributed by atoms with Crippen molar-refractivity contribution in [1.82, 2.24) is 0 Å².